The molecule has 2 aliphatic heterocycles. The van der Waals surface area contributed by atoms with Crippen molar-refractivity contribution in [3.05, 3.63) is 165 Å². The van der Waals surface area contributed by atoms with Crippen LogP contribution >= 0.6 is 45.2 Å². The van der Waals surface area contributed by atoms with Crippen LogP contribution in [-0.4, -0.2) is 161 Å². The normalized spacial score (nSPS) is 14.6. The van der Waals surface area contributed by atoms with E-state index in [1.54, 1.807) is 55.5 Å². The summed E-state index contributed by atoms with van der Waals surface area (Å²) in [6, 6.07) is 44.6. The number of aliphatic hydroxyl groups is 3. The number of benzene rings is 6. The van der Waals surface area contributed by atoms with Crippen LogP contribution in [0.5, 0.6) is 23.0 Å². The zero-order valence-corrected chi connectivity index (χ0v) is 52.8. The molecule has 0 spiro atoms. The number of carbonyl (C=O) groups excluding carboxylic acids is 2. The lowest BCUT2D eigenvalue weighted by molar-refractivity contribution is -0.897. The molecule has 0 bridgehead atoms. The number of halogens is 2. The second-order valence-corrected chi connectivity index (χ2v) is 25.2. The van der Waals surface area contributed by atoms with Gasteiger partial charge in [0.2, 0.25) is 11.8 Å². The van der Waals surface area contributed by atoms with Crippen LogP contribution in [0.3, 0.4) is 0 Å². The maximum absolute atomic E-state index is 12.2. The second kappa shape index (κ2) is 36.4. The Balaban J connectivity index is 0.000000254. The highest BCUT2D eigenvalue weighted by Gasteiger charge is 2.28. The van der Waals surface area contributed by atoms with Crippen molar-refractivity contribution in [2.24, 2.45) is 0 Å². The molecule has 0 saturated carbocycles. The van der Waals surface area contributed by atoms with Crippen molar-refractivity contribution in [2.45, 2.75) is 67.4 Å². The van der Waals surface area contributed by atoms with E-state index in [0.717, 1.165) is 40.6 Å². The number of anilines is 2. The average molecular weight is 1410 g/mol. The van der Waals surface area contributed by atoms with Gasteiger partial charge in [0.25, 0.3) is 0 Å². The lowest BCUT2D eigenvalue weighted by Gasteiger charge is -2.28. The molecule has 2 fully saturated rings. The Bertz CT molecular complexity index is 2830. The molecule has 2 amide bonds. The van der Waals surface area contributed by atoms with Crippen LogP contribution in [-0.2, 0) is 29.8 Å². The molecule has 83 heavy (non-hydrogen) atoms. The summed E-state index contributed by atoms with van der Waals surface area (Å²) in [6.07, 6.45) is 4.62. The van der Waals surface area contributed by atoms with Crippen molar-refractivity contribution in [3.63, 3.8) is 0 Å². The van der Waals surface area contributed by atoms with Gasteiger partial charge in [-0.15, -0.1) is 0 Å². The first-order chi connectivity index (χ1) is 39.5. The Kier molecular flexibility index (Phi) is 30.7. The number of likely N-dealkylation sites (tertiary alicyclic amines) is 2. The molecular weight excluding hydrogens is 1330 g/mol. The summed E-state index contributed by atoms with van der Waals surface area (Å²) in [5, 5.41) is 33.5. The molecule has 0 radical (unpaired) electrons. The number of quaternary nitrogens is 2. The first-order valence-corrected chi connectivity index (χ1v) is 31.9. The summed E-state index contributed by atoms with van der Waals surface area (Å²) in [5.74, 6) is 2.78. The highest BCUT2D eigenvalue weighted by Crippen LogP contribution is 2.22. The largest absolute Gasteiger partial charge is 0.744 e. The minimum absolute atomic E-state index is 0.0402. The van der Waals surface area contributed by atoms with E-state index in [4.69, 9.17) is 24.1 Å². The van der Waals surface area contributed by atoms with Crippen molar-refractivity contribution >= 4 is 88.6 Å². The van der Waals surface area contributed by atoms with Crippen molar-refractivity contribution in [1.29, 1.82) is 0 Å². The van der Waals surface area contributed by atoms with Gasteiger partial charge in [-0.2, -0.15) is 0 Å². The fourth-order valence-corrected chi connectivity index (χ4v) is 9.86. The van der Waals surface area contributed by atoms with Crippen LogP contribution in [0, 0.1) is 7.14 Å². The van der Waals surface area contributed by atoms with Crippen LogP contribution in [0.1, 0.15) is 45.4 Å². The number of aliphatic hydroxyl groups excluding tert-OH is 3. The van der Waals surface area contributed by atoms with Crippen LogP contribution in [0.4, 0.5) is 11.4 Å². The lowest BCUT2D eigenvalue weighted by Crippen LogP contribution is -2.42. The molecule has 2 atom stereocenters. The van der Waals surface area contributed by atoms with Crippen LogP contribution in [0.2, 0.25) is 0 Å². The zero-order valence-electron chi connectivity index (χ0n) is 46.9. The molecule has 2 heterocycles. The lowest BCUT2D eigenvalue weighted by atomic mass is 10.2. The SMILES string of the molecule is CCO.C[N+]1(CCC(=O)Nc2ccc(OC[C@H](O)COc3ccccc3)cc2)CCCC1.C[N+]1(CCC(=O)Nc2ccc(OC[C@H](O)COc3ccccc3)cc2)CCCC1.O=S(=O)([O-])c1ccc(I)cc1.O=S(=O)([O-])c1ccc(I)cc1. The summed E-state index contributed by atoms with van der Waals surface area (Å²) in [7, 11) is -4.09. The van der Waals surface area contributed by atoms with Gasteiger partial charge in [-0.05, 0) is 173 Å². The third-order valence-corrected chi connectivity index (χ3v) is 15.9. The van der Waals surface area contributed by atoms with E-state index in [9.17, 15) is 45.7 Å². The number of ether oxygens (including phenoxy) is 4. The minimum atomic E-state index is -4.27. The highest BCUT2D eigenvalue weighted by atomic mass is 127. The van der Waals surface area contributed by atoms with Gasteiger partial charge < -0.3 is 63.0 Å². The van der Waals surface area contributed by atoms with Crippen molar-refractivity contribution < 1.29 is 78.8 Å². The Hall–Kier alpha value is -5.46. The fraction of sp³-hybridized carbons (Fsp3) is 0.367. The second-order valence-electron chi connectivity index (χ2n) is 20.0. The number of nitrogens with one attached hydrogen (secondary N) is 2. The van der Waals surface area contributed by atoms with Gasteiger partial charge in [0, 0.05) is 50.8 Å². The van der Waals surface area contributed by atoms with E-state index in [0.29, 0.717) is 35.8 Å². The summed E-state index contributed by atoms with van der Waals surface area (Å²) in [5.41, 5.74) is 1.50. The van der Waals surface area contributed by atoms with Gasteiger partial charge in [0.15, 0.2) is 0 Å². The maximum Gasteiger partial charge on any atom is 0.230 e. The average Bonchev–Trinajstić information content (AvgIpc) is 4.13. The fourth-order valence-electron chi connectivity index (χ4n) is 8.21. The molecule has 0 aromatic heterocycles. The first kappa shape index (κ1) is 70.0. The molecule has 2 saturated heterocycles. The number of amides is 2. The van der Waals surface area contributed by atoms with Gasteiger partial charge in [0.05, 0.1) is 76.0 Å². The summed E-state index contributed by atoms with van der Waals surface area (Å²) >= 11 is 4.06. The minimum Gasteiger partial charge on any atom is -0.744 e. The van der Waals surface area contributed by atoms with Crippen LogP contribution < -0.4 is 29.6 Å². The number of para-hydroxylation sites is 2. The number of hydrogen-bond donors (Lipinski definition) is 5. The standard InChI is InChI=1S/2C23H30N2O4.2C6H5IO3S.C2H6O/c2*1-25(14-5-6-15-25)16-13-23(27)24-19-9-11-22(12-10-19)29-18-20(26)17-28-21-7-3-2-4-8-21;2*7-5-1-3-6(4-2-5)11(8,9)10;1-2-3/h2*2-4,7-12,20,26H,5-6,13-18H2,1H3;2*1-4H,(H,8,9,10);3H,2H2,1H3/t2*20-;;;/m11.../s1. The van der Waals surface area contributed by atoms with E-state index in [1.807, 2.05) is 130 Å². The molecule has 6 aromatic carbocycles. The van der Waals surface area contributed by atoms with Crippen LogP contribution in [0.15, 0.2) is 168 Å². The zero-order chi connectivity index (χ0) is 60.7. The van der Waals surface area contributed by atoms with E-state index in [-0.39, 0.29) is 54.6 Å². The van der Waals surface area contributed by atoms with Crippen molar-refractivity contribution in [3.8, 4) is 23.0 Å². The third kappa shape index (κ3) is 29.3. The Morgan fingerprint density at radius 2 is 0.759 bits per heavy atom. The first-order valence-electron chi connectivity index (χ1n) is 26.9. The predicted octanol–water partition coefficient (Wildman–Crippen LogP) is 8.54. The van der Waals surface area contributed by atoms with Crippen LogP contribution in [0.25, 0.3) is 0 Å². The monoisotopic (exact) mass is 1410 g/mol. The van der Waals surface area contributed by atoms with E-state index >= 15 is 0 Å². The Morgan fingerprint density at radius 1 is 0.494 bits per heavy atom. The molecule has 452 valence electrons. The molecule has 0 unspecified atom stereocenters. The quantitative estimate of drug-likeness (QED) is 0.0242. The summed E-state index contributed by atoms with van der Waals surface area (Å²) in [6.45, 7) is 8.97. The molecular formula is C60H76I2N4O15S2. The molecule has 5 N–H and O–H groups in total. The summed E-state index contributed by atoms with van der Waals surface area (Å²) < 4.78 is 88.3. The number of carbonyl (C=O) groups is 2. The number of nitrogens with zero attached hydrogens (tertiary/aromatic N) is 2. The van der Waals surface area contributed by atoms with Gasteiger partial charge in [-0.3, -0.25) is 9.59 Å². The molecule has 8 rings (SSSR count). The maximum atomic E-state index is 12.2. The van der Waals surface area contributed by atoms with Crippen molar-refractivity contribution in [1.82, 2.24) is 0 Å². The smallest absolute Gasteiger partial charge is 0.230 e. The van der Waals surface area contributed by atoms with Gasteiger partial charge in [-0.25, -0.2) is 16.8 Å². The molecule has 23 heteroatoms. The molecule has 19 nitrogen and oxygen atoms in total. The van der Waals surface area contributed by atoms with E-state index < -0.39 is 32.4 Å². The highest BCUT2D eigenvalue weighted by molar-refractivity contribution is 14.1. The van der Waals surface area contributed by atoms with Gasteiger partial charge >= 0.3 is 0 Å². The molecule has 2 aliphatic rings. The predicted molar refractivity (Wildman–Crippen MR) is 333 cm³/mol. The van der Waals surface area contributed by atoms with E-state index in [2.05, 4.69) is 24.7 Å². The molecule has 6 aromatic rings. The number of hydrogen-bond acceptors (Lipinski definition) is 15. The van der Waals surface area contributed by atoms with Crippen molar-refractivity contribution in [2.75, 3.05) is 97.0 Å². The summed E-state index contributed by atoms with van der Waals surface area (Å²) in [4.78, 5) is 24.0. The van der Waals surface area contributed by atoms with Gasteiger partial charge in [-0.1, -0.05) is 36.4 Å². The van der Waals surface area contributed by atoms with E-state index in [1.165, 1.54) is 76.1 Å². The Labute approximate surface area is 515 Å². The topological polar surface area (TPSA) is 270 Å². The number of rotatable bonds is 22. The van der Waals surface area contributed by atoms with Gasteiger partial charge in [0.1, 0.15) is 81.9 Å². The Morgan fingerprint density at radius 3 is 1.02 bits per heavy atom. The third-order valence-electron chi connectivity index (χ3n) is 12.8. The molecule has 0 aliphatic carbocycles.